The van der Waals surface area contributed by atoms with Crippen LogP contribution in [0.1, 0.15) is 13.3 Å². The van der Waals surface area contributed by atoms with Gasteiger partial charge in [-0.15, -0.1) is 11.3 Å². The first-order chi connectivity index (χ1) is 8.76. The second-order valence-corrected chi connectivity index (χ2v) is 5.35. The van der Waals surface area contributed by atoms with E-state index in [0.717, 1.165) is 27.9 Å². The van der Waals surface area contributed by atoms with Crippen molar-refractivity contribution in [3.05, 3.63) is 22.8 Å². The molecule has 0 aliphatic heterocycles. The summed E-state index contributed by atoms with van der Waals surface area (Å²) in [6, 6.07) is 3.78. The van der Waals surface area contributed by atoms with Gasteiger partial charge in [-0.3, -0.25) is 0 Å². The van der Waals surface area contributed by atoms with Crippen LogP contribution < -0.4 is 10.1 Å². The maximum Gasteiger partial charge on any atom is 0.188 e. The molecule has 0 spiro atoms. The zero-order valence-electron chi connectivity index (χ0n) is 10.2. The van der Waals surface area contributed by atoms with Gasteiger partial charge < -0.3 is 10.1 Å². The Hall–Kier alpha value is -1.33. The van der Waals surface area contributed by atoms with Crippen LogP contribution in [0.5, 0.6) is 5.75 Å². The second kappa shape index (κ2) is 6.02. The van der Waals surface area contributed by atoms with Gasteiger partial charge in [-0.25, -0.2) is 9.97 Å². The number of rotatable bonds is 5. The number of thiophene rings is 1. The van der Waals surface area contributed by atoms with Crippen molar-refractivity contribution >= 4 is 28.8 Å². The lowest BCUT2D eigenvalue weighted by atomic mass is 10.3. The average molecular weight is 284 g/mol. The van der Waals surface area contributed by atoms with Crippen molar-refractivity contribution in [1.82, 2.24) is 9.97 Å². The Labute approximate surface area is 115 Å². The highest BCUT2D eigenvalue weighted by molar-refractivity contribution is 7.19. The van der Waals surface area contributed by atoms with Crippen LogP contribution in [-0.2, 0) is 0 Å². The molecule has 0 aliphatic carbocycles. The highest BCUT2D eigenvalue weighted by Crippen LogP contribution is 2.37. The van der Waals surface area contributed by atoms with Crippen LogP contribution >= 0.6 is 22.9 Å². The van der Waals surface area contributed by atoms with E-state index in [2.05, 4.69) is 22.2 Å². The first kappa shape index (κ1) is 13.1. The number of nitrogens with one attached hydrogen (secondary N) is 1. The van der Waals surface area contributed by atoms with E-state index in [1.54, 1.807) is 7.11 Å². The molecule has 2 aromatic rings. The predicted molar refractivity (Wildman–Crippen MR) is 75.7 cm³/mol. The van der Waals surface area contributed by atoms with E-state index in [1.807, 2.05) is 12.1 Å². The van der Waals surface area contributed by atoms with Crippen LogP contribution in [0, 0.1) is 0 Å². The summed E-state index contributed by atoms with van der Waals surface area (Å²) >= 11 is 7.42. The molecule has 0 saturated carbocycles. The van der Waals surface area contributed by atoms with Crippen LogP contribution in [0.15, 0.2) is 18.5 Å². The number of methoxy groups -OCH3 is 1. The van der Waals surface area contributed by atoms with Crippen molar-refractivity contribution in [3.63, 3.8) is 0 Å². The molecule has 0 saturated heterocycles. The van der Waals surface area contributed by atoms with E-state index < -0.39 is 0 Å². The van der Waals surface area contributed by atoms with E-state index in [0.29, 0.717) is 11.6 Å². The summed E-state index contributed by atoms with van der Waals surface area (Å²) < 4.78 is 6.14. The summed E-state index contributed by atoms with van der Waals surface area (Å²) in [7, 11) is 1.62. The molecule has 0 fully saturated rings. The number of ether oxygens (including phenoxy) is 1. The van der Waals surface area contributed by atoms with Crippen LogP contribution in [-0.4, -0.2) is 23.6 Å². The largest absolute Gasteiger partial charge is 0.491 e. The van der Waals surface area contributed by atoms with Gasteiger partial charge in [0.1, 0.15) is 12.0 Å². The molecule has 0 radical (unpaired) electrons. The lowest BCUT2D eigenvalue weighted by molar-refractivity contribution is 0.414. The smallest absolute Gasteiger partial charge is 0.188 e. The molecule has 1 N–H and O–H groups in total. The highest BCUT2D eigenvalue weighted by atomic mass is 35.5. The zero-order valence-corrected chi connectivity index (χ0v) is 11.8. The van der Waals surface area contributed by atoms with Gasteiger partial charge in [0.2, 0.25) is 0 Å². The molecule has 18 heavy (non-hydrogen) atoms. The zero-order chi connectivity index (χ0) is 13.0. The maximum absolute atomic E-state index is 5.95. The normalized spacial score (nSPS) is 10.4. The maximum atomic E-state index is 5.95. The third-order valence-corrected chi connectivity index (χ3v) is 3.59. The number of nitrogens with zero attached hydrogens (tertiary/aromatic N) is 2. The molecular weight excluding hydrogens is 270 g/mol. The lowest BCUT2D eigenvalue weighted by Gasteiger charge is -2.11. The standard InChI is InChI=1S/C12H14ClN3OS/c1-3-6-14-12-11(17-2)10(15-7-16-12)8-4-5-9(13)18-8/h4-5,7H,3,6H2,1-2H3,(H,14,15,16). The van der Waals surface area contributed by atoms with Crippen molar-refractivity contribution in [2.45, 2.75) is 13.3 Å². The molecule has 2 rings (SSSR count). The Morgan fingerprint density at radius 1 is 1.39 bits per heavy atom. The molecule has 0 atom stereocenters. The Bertz CT molecular complexity index is 530. The van der Waals surface area contributed by atoms with E-state index in [4.69, 9.17) is 16.3 Å². The van der Waals surface area contributed by atoms with Crippen molar-refractivity contribution in [2.75, 3.05) is 19.0 Å². The molecule has 0 aromatic carbocycles. The topological polar surface area (TPSA) is 47.0 Å². The number of anilines is 1. The summed E-state index contributed by atoms with van der Waals surface area (Å²) in [6.07, 6.45) is 2.55. The lowest BCUT2D eigenvalue weighted by Crippen LogP contribution is -2.05. The van der Waals surface area contributed by atoms with Crippen LogP contribution in [0.4, 0.5) is 5.82 Å². The van der Waals surface area contributed by atoms with Crippen LogP contribution in [0.3, 0.4) is 0 Å². The Kier molecular flexibility index (Phi) is 4.38. The molecule has 0 amide bonds. The minimum Gasteiger partial charge on any atom is -0.491 e. The minimum atomic E-state index is 0.657. The number of aromatic nitrogens is 2. The van der Waals surface area contributed by atoms with Gasteiger partial charge in [0.05, 0.1) is 16.3 Å². The summed E-state index contributed by atoms with van der Waals surface area (Å²) in [6.45, 7) is 2.94. The van der Waals surface area contributed by atoms with Gasteiger partial charge in [-0.1, -0.05) is 18.5 Å². The van der Waals surface area contributed by atoms with E-state index in [9.17, 15) is 0 Å². The second-order valence-electron chi connectivity index (χ2n) is 3.63. The van der Waals surface area contributed by atoms with Gasteiger partial charge in [-0.2, -0.15) is 0 Å². The van der Waals surface area contributed by atoms with Crippen molar-refractivity contribution in [1.29, 1.82) is 0 Å². The van der Waals surface area contributed by atoms with Gasteiger partial charge in [0.25, 0.3) is 0 Å². The third-order valence-electron chi connectivity index (χ3n) is 2.36. The third kappa shape index (κ3) is 2.73. The van der Waals surface area contributed by atoms with Crippen molar-refractivity contribution in [2.24, 2.45) is 0 Å². The SMILES string of the molecule is CCCNc1ncnc(-c2ccc(Cl)s2)c1OC. The van der Waals surface area contributed by atoms with Gasteiger partial charge in [0, 0.05) is 6.54 Å². The van der Waals surface area contributed by atoms with Crippen molar-refractivity contribution in [3.8, 4) is 16.3 Å². The van der Waals surface area contributed by atoms with Crippen LogP contribution in [0.25, 0.3) is 10.6 Å². The fourth-order valence-electron chi connectivity index (χ4n) is 1.55. The van der Waals surface area contributed by atoms with Crippen molar-refractivity contribution < 1.29 is 4.74 Å². The number of hydrogen-bond acceptors (Lipinski definition) is 5. The van der Waals surface area contributed by atoms with E-state index >= 15 is 0 Å². The average Bonchev–Trinajstić information content (AvgIpc) is 2.82. The molecule has 6 heteroatoms. The first-order valence-corrected chi connectivity index (χ1v) is 6.84. The molecule has 0 bridgehead atoms. The summed E-state index contributed by atoms with van der Waals surface area (Å²) in [4.78, 5) is 9.45. The molecule has 4 nitrogen and oxygen atoms in total. The highest BCUT2D eigenvalue weighted by Gasteiger charge is 2.14. The quantitative estimate of drug-likeness (QED) is 0.909. The Morgan fingerprint density at radius 3 is 2.83 bits per heavy atom. The molecule has 96 valence electrons. The summed E-state index contributed by atoms with van der Waals surface area (Å²) in [5.74, 6) is 1.37. The molecule has 2 aromatic heterocycles. The monoisotopic (exact) mass is 283 g/mol. The summed E-state index contributed by atoms with van der Waals surface area (Å²) in [5, 5.41) is 3.23. The van der Waals surface area contributed by atoms with Gasteiger partial charge in [0.15, 0.2) is 11.6 Å². The predicted octanol–water partition coefficient (Wildman–Crippen LogP) is 3.69. The number of hydrogen-bond donors (Lipinski definition) is 1. The van der Waals surface area contributed by atoms with E-state index in [1.165, 1.54) is 17.7 Å². The molecule has 2 heterocycles. The fraction of sp³-hybridized carbons (Fsp3) is 0.333. The van der Waals surface area contributed by atoms with E-state index in [-0.39, 0.29) is 0 Å². The number of halogens is 1. The Morgan fingerprint density at radius 2 is 2.22 bits per heavy atom. The molecule has 0 unspecified atom stereocenters. The molecule has 0 aliphatic rings. The van der Waals surface area contributed by atoms with Gasteiger partial charge >= 0.3 is 0 Å². The minimum absolute atomic E-state index is 0.657. The fourth-order valence-corrected chi connectivity index (χ4v) is 2.59. The Balaban J connectivity index is 2.41. The first-order valence-electron chi connectivity index (χ1n) is 5.64. The van der Waals surface area contributed by atoms with Crippen LogP contribution in [0.2, 0.25) is 4.34 Å². The molecular formula is C12H14ClN3OS. The van der Waals surface area contributed by atoms with Gasteiger partial charge in [-0.05, 0) is 18.6 Å². The summed E-state index contributed by atoms with van der Waals surface area (Å²) in [5.41, 5.74) is 0.767.